The lowest BCUT2D eigenvalue weighted by molar-refractivity contribution is 1.06. The van der Waals surface area contributed by atoms with Gasteiger partial charge in [0, 0.05) is 0 Å². The van der Waals surface area contributed by atoms with E-state index in [0.717, 1.165) is 5.03 Å². The lowest BCUT2D eigenvalue weighted by atomic mass is 10.5. The first-order valence-electron chi connectivity index (χ1n) is 3.31. The molecule has 0 aromatic carbocycles. The second-order valence-electron chi connectivity index (χ2n) is 1.99. The Morgan fingerprint density at radius 2 is 2.42 bits per heavy atom. The Bertz CT molecular complexity index is 287. The summed E-state index contributed by atoms with van der Waals surface area (Å²) < 4.78 is 0. The van der Waals surface area contributed by atoms with Crippen molar-refractivity contribution >= 4 is 23.3 Å². The molecule has 1 aromatic rings. The molecule has 0 spiro atoms. The highest BCUT2D eigenvalue weighted by Gasteiger charge is 2.04. The second-order valence-corrected chi connectivity index (χ2v) is 2.79. The number of nitrogens with one attached hydrogen (secondary N) is 1. The van der Waals surface area contributed by atoms with Crippen LogP contribution in [0.25, 0.3) is 0 Å². The highest BCUT2D eigenvalue weighted by atomic mass is 32.2. The first kappa shape index (κ1) is 8.86. The minimum absolute atomic E-state index is 0.560. The van der Waals surface area contributed by atoms with Gasteiger partial charge in [0.2, 0.25) is 0 Å². The van der Waals surface area contributed by atoms with E-state index in [1.165, 1.54) is 24.3 Å². The minimum atomic E-state index is 0.560. The van der Waals surface area contributed by atoms with Gasteiger partial charge in [-0.15, -0.1) is 11.8 Å². The summed E-state index contributed by atoms with van der Waals surface area (Å²) in [5.41, 5.74) is 6.28. The predicted molar refractivity (Wildman–Crippen MR) is 52.0 cm³/mol. The van der Waals surface area contributed by atoms with E-state index in [4.69, 9.17) is 5.73 Å². The maximum atomic E-state index is 5.72. The quantitative estimate of drug-likeness (QED) is 0.545. The largest absolute Gasteiger partial charge is 0.394 e. The molecular weight excluding hydrogens is 172 g/mol. The fourth-order valence-electron chi connectivity index (χ4n) is 0.754. The number of anilines is 2. The molecule has 0 aliphatic carbocycles. The summed E-state index contributed by atoms with van der Waals surface area (Å²) >= 11 is 1.49. The van der Waals surface area contributed by atoms with Gasteiger partial charge in [-0.1, -0.05) is 6.58 Å². The van der Waals surface area contributed by atoms with Crippen molar-refractivity contribution in [1.82, 2.24) is 9.97 Å². The van der Waals surface area contributed by atoms with Crippen LogP contribution in [0.1, 0.15) is 0 Å². The smallest absolute Gasteiger partial charge is 0.157 e. The zero-order valence-corrected chi connectivity index (χ0v) is 7.56. The van der Waals surface area contributed by atoms with E-state index < -0.39 is 0 Å². The third kappa shape index (κ3) is 1.68. The Kier molecular flexibility index (Phi) is 2.93. The number of thioether (sulfide) groups is 1. The molecular formula is C7H10N4S. The van der Waals surface area contributed by atoms with Crippen LogP contribution >= 0.6 is 11.8 Å². The van der Waals surface area contributed by atoms with Crippen molar-refractivity contribution in [2.24, 2.45) is 0 Å². The Labute approximate surface area is 75.3 Å². The van der Waals surface area contributed by atoms with E-state index in [-0.39, 0.29) is 0 Å². The van der Waals surface area contributed by atoms with E-state index in [2.05, 4.69) is 21.9 Å². The van der Waals surface area contributed by atoms with Crippen LogP contribution in [0.2, 0.25) is 0 Å². The summed E-state index contributed by atoms with van der Waals surface area (Å²) in [6.45, 7) is 3.52. The van der Waals surface area contributed by atoms with Crippen LogP contribution in [-0.4, -0.2) is 16.2 Å². The van der Waals surface area contributed by atoms with Gasteiger partial charge in [0.1, 0.15) is 17.0 Å². The molecule has 0 unspecified atom stereocenters. The van der Waals surface area contributed by atoms with Gasteiger partial charge in [-0.3, -0.25) is 0 Å². The van der Waals surface area contributed by atoms with Crippen molar-refractivity contribution < 1.29 is 0 Å². The highest BCUT2D eigenvalue weighted by molar-refractivity contribution is 7.98. The number of nitrogen functional groups attached to an aromatic ring is 1. The van der Waals surface area contributed by atoms with Gasteiger partial charge in [0.15, 0.2) is 5.82 Å². The van der Waals surface area contributed by atoms with Crippen molar-refractivity contribution in [3.63, 3.8) is 0 Å². The third-order valence-corrected chi connectivity index (χ3v) is 1.99. The van der Waals surface area contributed by atoms with E-state index in [9.17, 15) is 0 Å². The molecule has 0 amide bonds. The number of rotatable bonds is 3. The van der Waals surface area contributed by atoms with Crippen molar-refractivity contribution in [1.29, 1.82) is 0 Å². The summed E-state index contributed by atoms with van der Waals surface area (Å²) in [7, 11) is 0. The molecule has 1 aromatic heterocycles. The average Bonchev–Trinajstić information content (AvgIpc) is 2.09. The molecule has 0 saturated heterocycles. The molecule has 0 saturated carbocycles. The average molecular weight is 182 g/mol. The zero-order chi connectivity index (χ0) is 8.97. The van der Waals surface area contributed by atoms with Gasteiger partial charge in [-0.25, -0.2) is 9.97 Å². The van der Waals surface area contributed by atoms with Gasteiger partial charge in [0.05, 0.1) is 0 Å². The molecule has 12 heavy (non-hydrogen) atoms. The van der Waals surface area contributed by atoms with Crippen LogP contribution in [0.15, 0.2) is 24.1 Å². The van der Waals surface area contributed by atoms with Gasteiger partial charge in [-0.2, -0.15) is 0 Å². The number of aromatic nitrogens is 2. The van der Waals surface area contributed by atoms with E-state index >= 15 is 0 Å². The van der Waals surface area contributed by atoms with E-state index in [1.807, 2.05) is 6.26 Å². The van der Waals surface area contributed by atoms with Crippen LogP contribution in [0.3, 0.4) is 0 Å². The minimum Gasteiger partial charge on any atom is -0.394 e. The molecule has 0 fully saturated rings. The summed E-state index contributed by atoms with van der Waals surface area (Å²) in [6.07, 6.45) is 4.91. The van der Waals surface area contributed by atoms with E-state index in [1.54, 1.807) is 0 Å². The topological polar surface area (TPSA) is 63.8 Å². The molecule has 0 aliphatic heterocycles. The molecule has 1 heterocycles. The normalized spacial score (nSPS) is 9.42. The van der Waals surface area contributed by atoms with Gasteiger partial charge >= 0.3 is 0 Å². The SMILES string of the molecule is C=CNc1ncnc(SC)c1N. The fraction of sp³-hybridized carbons (Fsp3) is 0.143. The molecule has 0 bridgehead atoms. The molecule has 1 rings (SSSR count). The van der Waals surface area contributed by atoms with Gasteiger partial charge in [-0.05, 0) is 12.5 Å². The zero-order valence-electron chi connectivity index (χ0n) is 6.74. The molecule has 3 N–H and O–H groups in total. The molecule has 4 nitrogen and oxygen atoms in total. The van der Waals surface area contributed by atoms with Gasteiger partial charge in [0.25, 0.3) is 0 Å². The van der Waals surface area contributed by atoms with Crippen LogP contribution in [0.4, 0.5) is 11.5 Å². The Balaban J connectivity index is 3.04. The molecule has 64 valence electrons. The lowest BCUT2D eigenvalue weighted by Gasteiger charge is -2.05. The van der Waals surface area contributed by atoms with Crippen LogP contribution in [0, 0.1) is 0 Å². The van der Waals surface area contributed by atoms with Crippen molar-refractivity contribution in [3.05, 3.63) is 19.1 Å². The van der Waals surface area contributed by atoms with Crippen molar-refractivity contribution in [2.75, 3.05) is 17.3 Å². The first-order valence-corrected chi connectivity index (χ1v) is 4.54. The van der Waals surface area contributed by atoms with E-state index in [0.29, 0.717) is 11.5 Å². The summed E-state index contributed by atoms with van der Waals surface area (Å²) in [4.78, 5) is 7.94. The fourth-order valence-corrected chi connectivity index (χ4v) is 1.22. The second kappa shape index (κ2) is 3.96. The Morgan fingerprint density at radius 3 is 3.00 bits per heavy atom. The van der Waals surface area contributed by atoms with Crippen LogP contribution in [-0.2, 0) is 0 Å². The number of hydrogen-bond acceptors (Lipinski definition) is 5. The molecule has 0 aliphatic rings. The van der Waals surface area contributed by atoms with Crippen LogP contribution < -0.4 is 11.1 Å². The monoisotopic (exact) mass is 182 g/mol. The number of nitrogens with two attached hydrogens (primary N) is 1. The maximum absolute atomic E-state index is 5.72. The van der Waals surface area contributed by atoms with Crippen molar-refractivity contribution in [2.45, 2.75) is 5.03 Å². The summed E-state index contributed by atoms with van der Waals surface area (Å²) in [5, 5.41) is 3.60. The first-order chi connectivity index (χ1) is 5.79. The van der Waals surface area contributed by atoms with Crippen LogP contribution in [0.5, 0.6) is 0 Å². The third-order valence-electron chi connectivity index (χ3n) is 1.28. The highest BCUT2D eigenvalue weighted by Crippen LogP contribution is 2.24. The Hall–Kier alpha value is -1.23. The summed E-state index contributed by atoms with van der Waals surface area (Å²) in [6, 6.07) is 0. The van der Waals surface area contributed by atoms with Gasteiger partial charge < -0.3 is 11.1 Å². The molecule has 5 heteroatoms. The molecule has 0 atom stereocenters. The standard InChI is InChI=1S/C7H10N4S/c1-3-9-6-5(8)7(12-2)11-4-10-6/h3-4H,1,8H2,2H3,(H,9,10,11). The maximum Gasteiger partial charge on any atom is 0.157 e. The molecule has 0 radical (unpaired) electrons. The number of nitrogens with zero attached hydrogens (tertiary/aromatic N) is 2. The number of hydrogen-bond donors (Lipinski definition) is 2. The predicted octanol–water partition coefficient (Wildman–Crippen LogP) is 1.34. The Morgan fingerprint density at radius 1 is 1.67 bits per heavy atom. The lowest BCUT2D eigenvalue weighted by Crippen LogP contribution is -2.00. The van der Waals surface area contributed by atoms with Crippen molar-refractivity contribution in [3.8, 4) is 0 Å². The summed E-state index contributed by atoms with van der Waals surface area (Å²) in [5.74, 6) is 0.601.